The zero-order chi connectivity index (χ0) is 15.9. The Morgan fingerprint density at radius 3 is 2.95 bits per heavy atom. The van der Waals surface area contributed by atoms with Crippen molar-refractivity contribution in [1.82, 2.24) is 0 Å². The van der Waals surface area contributed by atoms with Crippen LogP contribution in [0.3, 0.4) is 0 Å². The molecule has 1 aromatic carbocycles. The van der Waals surface area contributed by atoms with E-state index in [2.05, 4.69) is 4.99 Å². The summed E-state index contributed by atoms with van der Waals surface area (Å²) in [5, 5.41) is 0.597. The van der Waals surface area contributed by atoms with Gasteiger partial charge < -0.3 is 0 Å². The molecule has 0 radical (unpaired) electrons. The number of hydrogen-bond acceptors (Lipinski definition) is 3. The van der Waals surface area contributed by atoms with Gasteiger partial charge in [-0.15, -0.1) is 0 Å². The van der Waals surface area contributed by atoms with E-state index in [-0.39, 0.29) is 17.1 Å². The van der Waals surface area contributed by atoms with Gasteiger partial charge in [0, 0.05) is 18.0 Å². The molecule has 0 fully saturated rings. The van der Waals surface area contributed by atoms with Crippen LogP contribution in [0, 0.1) is 0 Å². The van der Waals surface area contributed by atoms with Crippen molar-refractivity contribution in [1.29, 1.82) is 0 Å². The third-order valence-corrected chi connectivity index (χ3v) is 3.34. The Morgan fingerprint density at radius 2 is 2.23 bits per heavy atom. The van der Waals surface area contributed by atoms with E-state index in [9.17, 15) is 9.59 Å². The van der Waals surface area contributed by atoms with E-state index >= 15 is 0 Å². The molecule has 0 bridgehead atoms. The second-order valence-corrected chi connectivity index (χ2v) is 5.15. The van der Waals surface area contributed by atoms with E-state index in [1.807, 2.05) is 19.1 Å². The summed E-state index contributed by atoms with van der Waals surface area (Å²) in [5.74, 6) is -0.632. The van der Waals surface area contributed by atoms with E-state index in [1.165, 1.54) is 6.08 Å². The van der Waals surface area contributed by atoms with Crippen LogP contribution in [0.25, 0.3) is 6.08 Å². The van der Waals surface area contributed by atoms with Gasteiger partial charge in [-0.25, -0.2) is 0 Å². The largest absolute Gasteiger partial charge is 0.289 e. The minimum atomic E-state index is -0.333. The lowest BCUT2D eigenvalue weighted by Gasteiger charge is -2.03. The lowest BCUT2D eigenvalue weighted by atomic mass is 10.0. The molecular formula is C18H16ClNO2. The Labute approximate surface area is 134 Å². The molecule has 0 unspecified atom stereocenters. The summed E-state index contributed by atoms with van der Waals surface area (Å²) < 4.78 is 0. The van der Waals surface area contributed by atoms with Crippen LogP contribution in [0.4, 0.5) is 0 Å². The van der Waals surface area contributed by atoms with Crippen molar-refractivity contribution in [3.63, 3.8) is 0 Å². The Hall–Kier alpha value is -2.26. The van der Waals surface area contributed by atoms with Crippen molar-refractivity contribution in [2.45, 2.75) is 13.3 Å². The summed E-state index contributed by atoms with van der Waals surface area (Å²) in [4.78, 5) is 28.8. The van der Waals surface area contributed by atoms with E-state index in [4.69, 9.17) is 11.6 Å². The normalized spacial score (nSPS) is 16.9. The standard InChI is InChI=1S/C18H16ClNO2/c1-2-20-16-9-4-3-8-15(18(16)22)17(21)11-10-13-6-5-7-14(19)12-13/h3-8,10-12H,2,9H2,1H3/b11-10+,20-16?. The summed E-state index contributed by atoms with van der Waals surface area (Å²) in [6, 6.07) is 7.15. The van der Waals surface area contributed by atoms with E-state index < -0.39 is 0 Å². The molecule has 1 aromatic rings. The predicted octanol–water partition coefficient (Wildman–Crippen LogP) is 3.84. The molecule has 0 N–H and O–H groups in total. The van der Waals surface area contributed by atoms with Gasteiger partial charge in [0.15, 0.2) is 5.78 Å². The molecule has 112 valence electrons. The molecule has 0 aliphatic heterocycles. The number of benzene rings is 1. The zero-order valence-corrected chi connectivity index (χ0v) is 13.0. The first-order valence-electron chi connectivity index (χ1n) is 7.04. The van der Waals surface area contributed by atoms with Crippen LogP contribution in [0.1, 0.15) is 18.9 Å². The Bertz CT molecular complexity index is 712. The SMILES string of the molecule is CCN=C1CC=CC=C(C(=O)/C=C/c2cccc(Cl)c2)C1=O. The molecule has 0 amide bonds. The highest BCUT2D eigenvalue weighted by atomic mass is 35.5. The van der Waals surface area contributed by atoms with Gasteiger partial charge in [-0.3, -0.25) is 14.6 Å². The molecule has 3 nitrogen and oxygen atoms in total. The quantitative estimate of drug-likeness (QED) is 0.626. The number of allylic oxidation sites excluding steroid dienone is 5. The van der Waals surface area contributed by atoms with Crippen molar-refractivity contribution in [3.8, 4) is 0 Å². The second-order valence-electron chi connectivity index (χ2n) is 4.72. The Morgan fingerprint density at radius 1 is 1.41 bits per heavy atom. The average molecular weight is 314 g/mol. The fraction of sp³-hybridized carbons (Fsp3) is 0.167. The maximum atomic E-state index is 12.3. The molecule has 1 aliphatic carbocycles. The van der Waals surface area contributed by atoms with Crippen molar-refractivity contribution in [2.75, 3.05) is 6.54 Å². The van der Waals surface area contributed by atoms with Gasteiger partial charge in [0.2, 0.25) is 5.78 Å². The van der Waals surface area contributed by atoms with Gasteiger partial charge in [-0.2, -0.15) is 0 Å². The highest BCUT2D eigenvalue weighted by Crippen LogP contribution is 2.14. The van der Waals surface area contributed by atoms with Crippen molar-refractivity contribution in [3.05, 3.63) is 64.7 Å². The van der Waals surface area contributed by atoms with Crippen LogP contribution >= 0.6 is 11.6 Å². The van der Waals surface area contributed by atoms with Crippen molar-refractivity contribution < 1.29 is 9.59 Å². The number of rotatable bonds is 4. The van der Waals surface area contributed by atoms with Crippen molar-refractivity contribution in [2.24, 2.45) is 4.99 Å². The molecule has 4 heteroatoms. The van der Waals surface area contributed by atoms with E-state index in [0.29, 0.717) is 23.7 Å². The number of ketones is 2. The zero-order valence-electron chi connectivity index (χ0n) is 12.3. The summed E-state index contributed by atoms with van der Waals surface area (Å²) in [6.45, 7) is 2.38. The molecule has 2 rings (SSSR count). The third kappa shape index (κ3) is 4.12. The average Bonchev–Trinajstić information content (AvgIpc) is 2.68. The molecule has 0 saturated carbocycles. The number of Topliss-reactive ketones (excluding diaryl/α,β-unsaturated/α-hetero) is 1. The maximum absolute atomic E-state index is 12.3. The molecule has 0 heterocycles. The molecule has 0 spiro atoms. The third-order valence-electron chi connectivity index (χ3n) is 3.11. The maximum Gasteiger partial charge on any atom is 0.210 e. The summed E-state index contributed by atoms with van der Waals surface area (Å²) >= 11 is 5.90. The number of halogens is 1. The molecule has 0 atom stereocenters. The van der Waals surface area contributed by atoms with E-state index in [1.54, 1.807) is 36.4 Å². The van der Waals surface area contributed by atoms with Gasteiger partial charge in [-0.1, -0.05) is 42.0 Å². The molecule has 0 aromatic heterocycles. The monoisotopic (exact) mass is 313 g/mol. The topological polar surface area (TPSA) is 46.5 Å². The molecule has 22 heavy (non-hydrogen) atoms. The van der Waals surface area contributed by atoms with Gasteiger partial charge in [0.05, 0.1) is 11.3 Å². The summed E-state index contributed by atoms with van der Waals surface area (Å²) in [6.07, 6.45) is 8.58. The first kappa shape index (κ1) is 16.1. The highest BCUT2D eigenvalue weighted by Gasteiger charge is 2.21. The second kappa shape index (κ2) is 7.66. The fourth-order valence-corrected chi connectivity index (χ4v) is 2.26. The number of nitrogens with zero attached hydrogens (tertiary/aromatic N) is 1. The van der Waals surface area contributed by atoms with Crippen LogP contribution in [-0.4, -0.2) is 23.8 Å². The highest BCUT2D eigenvalue weighted by molar-refractivity contribution is 6.53. The van der Waals surface area contributed by atoms with Gasteiger partial charge in [0.25, 0.3) is 0 Å². The van der Waals surface area contributed by atoms with E-state index in [0.717, 1.165) is 5.56 Å². The first-order valence-corrected chi connectivity index (χ1v) is 7.42. The summed E-state index contributed by atoms with van der Waals surface area (Å²) in [7, 11) is 0. The van der Waals surface area contributed by atoms with Crippen LogP contribution in [0.5, 0.6) is 0 Å². The fourth-order valence-electron chi connectivity index (χ4n) is 2.06. The lowest BCUT2D eigenvalue weighted by molar-refractivity contribution is -0.116. The smallest absolute Gasteiger partial charge is 0.210 e. The minimum Gasteiger partial charge on any atom is -0.289 e. The minimum absolute atomic E-state index is 0.138. The Balaban J connectivity index is 2.21. The van der Waals surface area contributed by atoms with Gasteiger partial charge >= 0.3 is 0 Å². The summed E-state index contributed by atoms with van der Waals surface area (Å²) in [5.41, 5.74) is 1.37. The van der Waals surface area contributed by atoms with Crippen molar-refractivity contribution >= 4 is 35.0 Å². The Kier molecular flexibility index (Phi) is 5.61. The number of carbonyl (C=O) groups is 2. The number of carbonyl (C=O) groups excluding carboxylic acids is 2. The number of hydrogen-bond donors (Lipinski definition) is 0. The van der Waals surface area contributed by atoms with Crippen LogP contribution in [0.15, 0.2) is 59.1 Å². The predicted molar refractivity (Wildman–Crippen MR) is 90.3 cm³/mol. The van der Waals surface area contributed by atoms with Crippen LogP contribution < -0.4 is 0 Å². The van der Waals surface area contributed by atoms with Gasteiger partial charge in [0.1, 0.15) is 0 Å². The van der Waals surface area contributed by atoms with Gasteiger partial charge in [-0.05, 0) is 36.8 Å². The van der Waals surface area contributed by atoms with Crippen LogP contribution in [-0.2, 0) is 9.59 Å². The molecule has 1 aliphatic rings. The molecular weight excluding hydrogens is 298 g/mol. The van der Waals surface area contributed by atoms with Crippen LogP contribution in [0.2, 0.25) is 5.02 Å². The first-order chi connectivity index (χ1) is 10.6. The lowest BCUT2D eigenvalue weighted by Crippen LogP contribution is -2.20. The molecule has 0 saturated heterocycles. The number of aliphatic imine (C=N–C) groups is 1.